The van der Waals surface area contributed by atoms with Gasteiger partial charge in [0, 0.05) is 12.6 Å². The van der Waals surface area contributed by atoms with Gasteiger partial charge in [0.2, 0.25) is 5.91 Å². The zero-order valence-electron chi connectivity index (χ0n) is 9.30. The normalized spacial score (nSPS) is 14.8. The van der Waals surface area contributed by atoms with E-state index in [9.17, 15) is 4.79 Å². The molecule has 0 atom stereocenters. The van der Waals surface area contributed by atoms with Gasteiger partial charge in [0.15, 0.2) is 0 Å². The molecule has 0 spiro atoms. The third-order valence-electron chi connectivity index (χ3n) is 2.85. The molecule has 1 aromatic carbocycles. The summed E-state index contributed by atoms with van der Waals surface area (Å²) >= 11 is 0. The number of hydrogen-bond donors (Lipinski definition) is 1. The van der Waals surface area contributed by atoms with Crippen LogP contribution < -0.4 is 0 Å². The van der Waals surface area contributed by atoms with E-state index < -0.39 is 0 Å². The first-order valence-corrected chi connectivity index (χ1v) is 5.75. The Bertz CT molecular complexity index is 346. The molecule has 0 unspecified atom stereocenters. The van der Waals surface area contributed by atoms with Crippen LogP contribution in [0.5, 0.6) is 0 Å². The molecular weight excluding hydrogens is 202 g/mol. The molecule has 1 amide bonds. The second-order valence-corrected chi connectivity index (χ2v) is 4.20. The molecule has 2 rings (SSSR count). The summed E-state index contributed by atoms with van der Waals surface area (Å²) in [7, 11) is 0. The zero-order valence-corrected chi connectivity index (χ0v) is 9.30. The van der Waals surface area contributed by atoms with Gasteiger partial charge >= 0.3 is 0 Å². The Morgan fingerprint density at radius 2 is 2.00 bits per heavy atom. The fourth-order valence-corrected chi connectivity index (χ4v) is 1.88. The summed E-state index contributed by atoms with van der Waals surface area (Å²) in [6.45, 7) is 0.521. The summed E-state index contributed by atoms with van der Waals surface area (Å²) < 4.78 is 0. The van der Waals surface area contributed by atoms with Gasteiger partial charge in [0.25, 0.3) is 0 Å². The van der Waals surface area contributed by atoms with E-state index in [1.165, 1.54) is 0 Å². The number of aliphatic hydroxyl groups is 1. The monoisotopic (exact) mass is 219 g/mol. The molecule has 1 aliphatic carbocycles. The molecule has 0 heterocycles. The van der Waals surface area contributed by atoms with Crippen LogP contribution in [-0.4, -0.2) is 35.1 Å². The van der Waals surface area contributed by atoms with E-state index in [2.05, 4.69) is 0 Å². The van der Waals surface area contributed by atoms with Crippen LogP contribution in [0.1, 0.15) is 18.4 Å². The Balaban J connectivity index is 1.95. The molecule has 0 aliphatic heterocycles. The molecule has 0 saturated heterocycles. The van der Waals surface area contributed by atoms with Crippen LogP contribution in [0.15, 0.2) is 30.3 Å². The Kier molecular flexibility index (Phi) is 3.57. The highest BCUT2D eigenvalue weighted by Gasteiger charge is 2.31. The molecule has 16 heavy (non-hydrogen) atoms. The fourth-order valence-electron chi connectivity index (χ4n) is 1.88. The highest BCUT2D eigenvalue weighted by Crippen LogP contribution is 2.27. The summed E-state index contributed by atoms with van der Waals surface area (Å²) in [6, 6.07) is 10.1. The van der Waals surface area contributed by atoms with E-state index in [1.54, 1.807) is 0 Å². The highest BCUT2D eigenvalue weighted by atomic mass is 16.3. The van der Waals surface area contributed by atoms with Crippen molar-refractivity contribution in [1.82, 2.24) is 4.90 Å². The molecule has 1 saturated carbocycles. The lowest BCUT2D eigenvalue weighted by molar-refractivity contribution is -0.131. The largest absolute Gasteiger partial charge is 0.395 e. The maximum absolute atomic E-state index is 12.0. The van der Waals surface area contributed by atoms with Gasteiger partial charge in [-0.15, -0.1) is 0 Å². The minimum Gasteiger partial charge on any atom is -0.395 e. The van der Waals surface area contributed by atoms with E-state index in [1.807, 2.05) is 35.2 Å². The van der Waals surface area contributed by atoms with E-state index in [0.717, 1.165) is 18.4 Å². The Morgan fingerprint density at radius 1 is 1.31 bits per heavy atom. The molecule has 3 heteroatoms. The molecule has 1 aromatic rings. The first kappa shape index (κ1) is 11.1. The van der Waals surface area contributed by atoms with Crippen molar-refractivity contribution in [2.24, 2.45) is 0 Å². The topological polar surface area (TPSA) is 40.5 Å². The average molecular weight is 219 g/mol. The Morgan fingerprint density at radius 3 is 2.56 bits per heavy atom. The quantitative estimate of drug-likeness (QED) is 0.808. The molecule has 1 fully saturated rings. The smallest absolute Gasteiger partial charge is 0.227 e. The van der Waals surface area contributed by atoms with Gasteiger partial charge < -0.3 is 10.0 Å². The summed E-state index contributed by atoms with van der Waals surface area (Å²) in [5.41, 5.74) is 1.04. The maximum Gasteiger partial charge on any atom is 0.227 e. The molecule has 0 radical (unpaired) electrons. The van der Waals surface area contributed by atoms with Gasteiger partial charge in [-0.3, -0.25) is 4.79 Å². The molecule has 86 valence electrons. The number of carbonyl (C=O) groups is 1. The second kappa shape index (κ2) is 5.12. The first-order valence-electron chi connectivity index (χ1n) is 5.75. The standard InChI is InChI=1S/C13H17NO2/c15-9-8-14(12-6-7-12)13(16)10-11-4-2-1-3-5-11/h1-5,12,15H,6-10H2. The fraction of sp³-hybridized carbons (Fsp3) is 0.462. The van der Waals surface area contributed by atoms with Crippen LogP contribution in [0.25, 0.3) is 0 Å². The summed E-state index contributed by atoms with van der Waals surface area (Å²) in [5, 5.41) is 8.93. The van der Waals surface area contributed by atoms with Gasteiger partial charge in [-0.2, -0.15) is 0 Å². The van der Waals surface area contributed by atoms with E-state index in [4.69, 9.17) is 5.11 Å². The van der Waals surface area contributed by atoms with Crippen LogP contribution in [0, 0.1) is 0 Å². The number of rotatable bonds is 5. The van der Waals surface area contributed by atoms with Gasteiger partial charge in [-0.05, 0) is 18.4 Å². The van der Waals surface area contributed by atoms with Gasteiger partial charge in [0.05, 0.1) is 13.0 Å². The summed E-state index contributed by atoms with van der Waals surface area (Å²) in [5.74, 6) is 0.128. The number of amides is 1. The van der Waals surface area contributed by atoms with Crippen molar-refractivity contribution >= 4 is 5.91 Å². The van der Waals surface area contributed by atoms with Crippen molar-refractivity contribution in [1.29, 1.82) is 0 Å². The Hall–Kier alpha value is -1.35. The van der Waals surface area contributed by atoms with Crippen molar-refractivity contribution in [2.45, 2.75) is 25.3 Å². The van der Waals surface area contributed by atoms with Crippen LogP contribution in [0.4, 0.5) is 0 Å². The average Bonchev–Trinajstić information content (AvgIpc) is 3.11. The van der Waals surface area contributed by atoms with Crippen molar-refractivity contribution in [3.05, 3.63) is 35.9 Å². The summed E-state index contributed by atoms with van der Waals surface area (Å²) in [6.07, 6.45) is 2.61. The number of nitrogens with zero attached hydrogens (tertiary/aromatic N) is 1. The minimum absolute atomic E-state index is 0.0526. The van der Waals surface area contributed by atoms with Gasteiger partial charge in [0.1, 0.15) is 0 Å². The second-order valence-electron chi connectivity index (χ2n) is 4.20. The van der Waals surface area contributed by atoms with E-state index in [-0.39, 0.29) is 12.5 Å². The molecular formula is C13H17NO2. The van der Waals surface area contributed by atoms with E-state index in [0.29, 0.717) is 19.0 Å². The third-order valence-corrected chi connectivity index (χ3v) is 2.85. The number of aliphatic hydroxyl groups excluding tert-OH is 1. The molecule has 1 N–H and O–H groups in total. The Labute approximate surface area is 95.7 Å². The van der Waals surface area contributed by atoms with Crippen molar-refractivity contribution in [3.8, 4) is 0 Å². The lowest BCUT2D eigenvalue weighted by atomic mass is 10.1. The molecule has 3 nitrogen and oxygen atoms in total. The van der Waals surface area contributed by atoms with Crippen molar-refractivity contribution < 1.29 is 9.90 Å². The minimum atomic E-state index is 0.0526. The van der Waals surface area contributed by atoms with Crippen LogP contribution in [0.3, 0.4) is 0 Å². The number of benzene rings is 1. The molecule has 0 aromatic heterocycles. The zero-order chi connectivity index (χ0) is 11.4. The van der Waals surface area contributed by atoms with Crippen LogP contribution >= 0.6 is 0 Å². The predicted octanol–water partition coefficient (Wildman–Crippen LogP) is 1.21. The SMILES string of the molecule is O=C(Cc1ccccc1)N(CCO)C1CC1. The summed E-state index contributed by atoms with van der Waals surface area (Å²) in [4.78, 5) is 13.8. The van der Waals surface area contributed by atoms with Crippen LogP contribution in [-0.2, 0) is 11.2 Å². The molecule has 0 bridgehead atoms. The van der Waals surface area contributed by atoms with Crippen molar-refractivity contribution in [2.75, 3.05) is 13.2 Å². The highest BCUT2D eigenvalue weighted by molar-refractivity contribution is 5.79. The lowest BCUT2D eigenvalue weighted by Crippen LogP contribution is -2.36. The first-order chi connectivity index (χ1) is 7.81. The number of carbonyl (C=O) groups excluding carboxylic acids is 1. The molecule has 1 aliphatic rings. The van der Waals surface area contributed by atoms with E-state index >= 15 is 0 Å². The third kappa shape index (κ3) is 2.83. The predicted molar refractivity (Wildman–Crippen MR) is 62.0 cm³/mol. The lowest BCUT2D eigenvalue weighted by Gasteiger charge is -2.21. The van der Waals surface area contributed by atoms with Gasteiger partial charge in [-0.1, -0.05) is 30.3 Å². The number of hydrogen-bond acceptors (Lipinski definition) is 2. The van der Waals surface area contributed by atoms with Crippen LogP contribution in [0.2, 0.25) is 0 Å². The van der Waals surface area contributed by atoms with Gasteiger partial charge in [-0.25, -0.2) is 0 Å². The van der Waals surface area contributed by atoms with Crippen molar-refractivity contribution in [3.63, 3.8) is 0 Å². The maximum atomic E-state index is 12.0.